The molecule has 2 rings (SSSR count). The van der Waals surface area contributed by atoms with Gasteiger partial charge in [-0.15, -0.1) is 0 Å². The van der Waals surface area contributed by atoms with Crippen LogP contribution in [0.2, 0.25) is 0 Å². The number of hydrogen-bond donors (Lipinski definition) is 1. The number of carbonyl (C=O) groups is 1. The maximum atomic E-state index is 10.9. The molecule has 0 spiro atoms. The largest absolute Gasteiger partial charge is 0.478 e. The van der Waals surface area contributed by atoms with Gasteiger partial charge in [-0.05, 0) is 39.0 Å². The lowest BCUT2D eigenvalue weighted by Gasteiger charge is -2.08. The number of benzene rings is 1. The Morgan fingerprint density at radius 2 is 2.00 bits per heavy atom. The zero-order chi connectivity index (χ0) is 12.6. The van der Waals surface area contributed by atoms with E-state index in [0.29, 0.717) is 0 Å². The third kappa shape index (κ3) is 1.93. The van der Waals surface area contributed by atoms with Crippen molar-refractivity contribution in [3.63, 3.8) is 0 Å². The lowest BCUT2D eigenvalue weighted by atomic mass is 10.2. The van der Waals surface area contributed by atoms with Crippen molar-refractivity contribution >= 4 is 5.97 Å². The van der Waals surface area contributed by atoms with Crippen LogP contribution in [0.25, 0.3) is 5.69 Å². The molecule has 0 amide bonds. The maximum Gasteiger partial charge on any atom is 0.335 e. The molecule has 0 unspecified atom stereocenters. The molecule has 1 aromatic carbocycles. The number of carboxylic acids is 1. The summed E-state index contributed by atoms with van der Waals surface area (Å²) in [5.41, 5.74) is 3.11. The molecule has 0 fully saturated rings. The van der Waals surface area contributed by atoms with Gasteiger partial charge in [0.05, 0.1) is 11.3 Å². The minimum Gasteiger partial charge on any atom is -0.478 e. The van der Waals surface area contributed by atoms with Gasteiger partial charge in [0, 0.05) is 11.4 Å². The third-order valence-corrected chi connectivity index (χ3v) is 2.86. The molecule has 0 saturated carbocycles. The van der Waals surface area contributed by atoms with Crippen LogP contribution in [0.3, 0.4) is 0 Å². The van der Waals surface area contributed by atoms with E-state index in [1.54, 1.807) is 18.2 Å². The number of aromatic carboxylic acids is 1. The predicted molar refractivity (Wildman–Crippen MR) is 64.7 cm³/mol. The van der Waals surface area contributed by atoms with Crippen LogP contribution in [0.1, 0.15) is 27.6 Å². The summed E-state index contributed by atoms with van der Waals surface area (Å²) in [5.74, 6) is -0.0541. The highest BCUT2D eigenvalue weighted by Crippen LogP contribution is 2.18. The van der Waals surface area contributed by atoms with E-state index in [0.717, 1.165) is 22.9 Å². The Hall–Kier alpha value is -2.10. The molecule has 0 aliphatic carbocycles. The summed E-state index contributed by atoms with van der Waals surface area (Å²) < 4.78 is 1.96. The number of carboxylic acid groups (broad SMARTS) is 1. The molecule has 1 aromatic heterocycles. The van der Waals surface area contributed by atoms with Gasteiger partial charge in [0.25, 0.3) is 0 Å². The van der Waals surface area contributed by atoms with Crippen LogP contribution in [0.15, 0.2) is 24.3 Å². The number of aromatic nitrogens is 2. The molecular weight excluding hydrogens is 216 g/mol. The van der Waals surface area contributed by atoms with Crippen molar-refractivity contribution < 1.29 is 9.90 Å². The van der Waals surface area contributed by atoms with Crippen LogP contribution >= 0.6 is 0 Å². The van der Waals surface area contributed by atoms with E-state index >= 15 is 0 Å². The van der Waals surface area contributed by atoms with Crippen molar-refractivity contribution in [3.8, 4) is 5.69 Å². The normalized spacial score (nSPS) is 10.5. The number of nitrogens with zero attached hydrogens (tertiary/aromatic N) is 2. The van der Waals surface area contributed by atoms with E-state index in [-0.39, 0.29) is 5.56 Å². The molecule has 0 aliphatic heterocycles. The monoisotopic (exact) mass is 230 g/mol. The van der Waals surface area contributed by atoms with Gasteiger partial charge in [0.15, 0.2) is 0 Å². The van der Waals surface area contributed by atoms with Crippen molar-refractivity contribution in [2.75, 3.05) is 0 Å². The van der Waals surface area contributed by atoms with Gasteiger partial charge >= 0.3 is 5.97 Å². The first-order valence-corrected chi connectivity index (χ1v) is 5.37. The van der Waals surface area contributed by atoms with E-state index in [2.05, 4.69) is 4.98 Å². The zero-order valence-electron chi connectivity index (χ0n) is 10.1. The molecule has 2 aromatic rings. The fourth-order valence-corrected chi connectivity index (χ4v) is 1.94. The topological polar surface area (TPSA) is 55.1 Å². The van der Waals surface area contributed by atoms with E-state index < -0.39 is 5.97 Å². The lowest BCUT2D eigenvalue weighted by Crippen LogP contribution is -2.02. The van der Waals surface area contributed by atoms with Crippen molar-refractivity contribution in [2.45, 2.75) is 20.8 Å². The van der Waals surface area contributed by atoms with Crippen molar-refractivity contribution in [3.05, 3.63) is 47.0 Å². The number of imidazole rings is 1. The average molecular weight is 230 g/mol. The third-order valence-electron chi connectivity index (χ3n) is 2.86. The first-order valence-electron chi connectivity index (χ1n) is 5.37. The van der Waals surface area contributed by atoms with E-state index in [1.165, 1.54) is 0 Å². The molecule has 4 heteroatoms. The molecule has 17 heavy (non-hydrogen) atoms. The second-order valence-corrected chi connectivity index (χ2v) is 4.02. The van der Waals surface area contributed by atoms with Crippen LogP contribution in [-0.2, 0) is 0 Å². The highest BCUT2D eigenvalue weighted by molar-refractivity contribution is 5.88. The Kier molecular flexibility index (Phi) is 2.71. The van der Waals surface area contributed by atoms with E-state index in [4.69, 9.17) is 5.11 Å². The minimum absolute atomic E-state index is 0.285. The van der Waals surface area contributed by atoms with Gasteiger partial charge < -0.3 is 9.67 Å². The fraction of sp³-hybridized carbons (Fsp3) is 0.231. The Morgan fingerprint density at radius 1 is 1.29 bits per heavy atom. The lowest BCUT2D eigenvalue weighted by molar-refractivity contribution is 0.0697. The van der Waals surface area contributed by atoms with Gasteiger partial charge in [-0.25, -0.2) is 9.78 Å². The molecule has 88 valence electrons. The molecule has 0 saturated heterocycles. The summed E-state index contributed by atoms with van der Waals surface area (Å²) in [6, 6.07) is 6.87. The predicted octanol–water partition coefficient (Wildman–Crippen LogP) is 2.50. The summed E-state index contributed by atoms with van der Waals surface area (Å²) in [5, 5.41) is 8.98. The van der Waals surface area contributed by atoms with Crippen LogP contribution < -0.4 is 0 Å². The van der Waals surface area contributed by atoms with Gasteiger partial charge in [0.1, 0.15) is 5.82 Å². The minimum atomic E-state index is -0.918. The quantitative estimate of drug-likeness (QED) is 0.862. The Morgan fingerprint density at radius 3 is 2.53 bits per heavy atom. The first kappa shape index (κ1) is 11.4. The number of rotatable bonds is 2. The Labute approximate surface area is 99.5 Å². The number of aryl methyl sites for hydroxylation is 2. The summed E-state index contributed by atoms with van der Waals surface area (Å²) in [6.45, 7) is 5.83. The second-order valence-electron chi connectivity index (χ2n) is 4.02. The fourth-order valence-electron chi connectivity index (χ4n) is 1.94. The number of hydrogen-bond acceptors (Lipinski definition) is 2. The van der Waals surface area contributed by atoms with Crippen LogP contribution in [0, 0.1) is 20.8 Å². The SMILES string of the molecule is Cc1nc(C)n(-c2cccc(C(=O)O)c2)c1C. The second kappa shape index (κ2) is 4.05. The molecule has 1 N–H and O–H groups in total. The summed E-state index contributed by atoms with van der Waals surface area (Å²) in [7, 11) is 0. The Bertz CT molecular complexity index is 585. The molecule has 0 radical (unpaired) electrons. The van der Waals surface area contributed by atoms with Crippen LogP contribution in [0.4, 0.5) is 0 Å². The van der Waals surface area contributed by atoms with Gasteiger partial charge in [-0.1, -0.05) is 6.07 Å². The van der Waals surface area contributed by atoms with Crippen molar-refractivity contribution in [2.24, 2.45) is 0 Å². The summed E-state index contributed by atoms with van der Waals surface area (Å²) in [4.78, 5) is 15.3. The molecule has 1 heterocycles. The van der Waals surface area contributed by atoms with E-state index in [1.807, 2.05) is 31.4 Å². The summed E-state index contributed by atoms with van der Waals surface area (Å²) in [6.07, 6.45) is 0. The highest BCUT2D eigenvalue weighted by atomic mass is 16.4. The smallest absolute Gasteiger partial charge is 0.335 e. The average Bonchev–Trinajstić information content (AvgIpc) is 2.53. The summed E-state index contributed by atoms with van der Waals surface area (Å²) >= 11 is 0. The maximum absolute atomic E-state index is 10.9. The van der Waals surface area contributed by atoms with Crippen molar-refractivity contribution in [1.29, 1.82) is 0 Å². The standard InChI is InChI=1S/C13H14N2O2/c1-8-9(2)15(10(3)14-8)12-6-4-5-11(7-12)13(16)17/h4-7H,1-3H3,(H,16,17). The molecule has 4 nitrogen and oxygen atoms in total. The molecule has 0 aliphatic rings. The Balaban J connectivity index is 2.60. The van der Waals surface area contributed by atoms with Gasteiger partial charge in [-0.2, -0.15) is 0 Å². The van der Waals surface area contributed by atoms with Crippen LogP contribution in [-0.4, -0.2) is 20.6 Å². The van der Waals surface area contributed by atoms with Crippen LogP contribution in [0.5, 0.6) is 0 Å². The first-order chi connectivity index (χ1) is 8.00. The van der Waals surface area contributed by atoms with E-state index in [9.17, 15) is 4.79 Å². The highest BCUT2D eigenvalue weighted by Gasteiger charge is 2.10. The zero-order valence-corrected chi connectivity index (χ0v) is 10.1. The molecule has 0 bridgehead atoms. The van der Waals surface area contributed by atoms with Gasteiger partial charge in [0.2, 0.25) is 0 Å². The molecule has 0 atom stereocenters. The van der Waals surface area contributed by atoms with Gasteiger partial charge in [-0.3, -0.25) is 0 Å². The van der Waals surface area contributed by atoms with Crippen molar-refractivity contribution in [1.82, 2.24) is 9.55 Å². The molecular formula is C13H14N2O2.